The lowest BCUT2D eigenvalue weighted by Gasteiger charge is -2.06. The molecule has 0 saturated heterocycles. The minimum absolute atomic E-state index is 0.0696. The van der Waals surface area contributed by atoms with Crippen molar-refractivity contribution < 1.29 is 27.9 Å². The third-order valence-corrected chi connectivity index (χ3v) is 3.61. The van der Waals surface area contributed by atoms with Crippen molar-refractivity contribution in [1.82, 2.24) is 4.72 Å². The summed E-state index contributed by atoms with van der Waals surface area (Å²) in [6.07, 6.45) is 0. The first-order chi connectivity index (χ1) is 9.35. The van der Waals surface area contributed by atoms with Crippen LogP contribution in [0.25, 0.3) is 0 Å². The van der Waals surface area contributed by atoms with Gasteiger partial charge in [0.05, 0.1) is 4.90 Å². The molecule has 0 aromatic heterocycles. The molecule has 20 heavy (non-hydrogen) atoms. The zero-order valence-corrected chi connectivity index (χ0v) is 11.4. The van der Waals surface area contributed by atoms with Crippen LogP contribution in [0.15, 0.2) is 29.2 Å². The van der Waals surface area contributed by atoms with E-state index in [4.69, 9.17) is 5.11 Å². The predicted octanol–water partition coefficient (Wildman–Crippen LogP) is -0.366. The average Bonchev–Trinajstić information content (AvgIpc) is 2.39. The van der Waals surface area contributed by atoms with E-state index in [0.29, 0.717) is 5.69 Å². The second-order valence-electron chi connectivity index (χ2n) is 3.67. The van der Waals surface area contributed by atoms with Gasteiger partial charge < -0.3 is 15.2 Å². The van der Waals surface area contributed by atoms with Crippen molar-refractivity contribution in [3.8, 4) is 0 Å². The number of nitrogens with one attached hydrogen (secondary N) is 2. The first kappa shape index (κ1) is 16.1. The van der Waals surface area contributed by atoms with E-state index in [0.717, 1.165) is 0 Å². The molecule has 9 heteroatoms. The highest BCUT2D eigenvalue weighted by atomic mass is 32.2. The largest absolute Gasteiger partial charge is 0.480 e. The van der Waals surface area contributed by atoms with Crippen LogP contribution in [0.5, 0.6) is 0 Å². The Hall–Kier alpha value is -1.97. The Bertz CT molecular complexity index is 581. The van der Waals surface area contributed by atoms with Gasteiger partial charge in [0.15, 0.2) is 0 Å². The second kappa shape index (κ2) is 6.98. The lowest BCUT2D eigenvalue weighted by molar-refractivity contribution is -0.143. The molecule has 0 radical (unpaired) electrons. The van der Waals surface area contributed by atoms with Crippen LogP contribution in [0.3, 0.4) is 0 Å². The first-order valence-electron chi connectivity index (χ1n) is 5.48. The fraction of sp³-hybridized carbons (Fsp3) is 0.273. The Labute approximate surface area is 115 Å². The first-order valence-corrected chi connectivity index (χ1v) is 6.96. The Balaban J connectivity index is 2.58. The summed E-state index contributed by atoms with van der Waals surface area (Å²) in [5, 5.41) is 10.8. The number of hydrogen-bond acceptors (Lipinski definition) is 5. The molecule has 0 atom stereocenters. The highest BCUT2D eigenvalue weighted by Gasteiger charge is 2.11. The van der Waals surface area contributed by atoms with Gasteiger partial charge in [-0.25, -0.2) is 17.9 Å². The van der Waals surface area contributed by atoms with Gasteiger partial charge >= 0.3 is 5.97 Å². The van der Waals surface area contributed by atoms with Gasteiger partial charge in [0.1, 0.15) is 13.2 Å². The molecule has 0 aliphatic rings. The van der Waals surface area contributed by atoms with Gasteiger partial charge in [0, 0.05) is 5.69 Å². The molecule has 1 rings (SSSR count). The maximum Gasteiger partial charge on any atom is 0.329 e. The van der Waals surface area contributed by atoms with Crippen molar-refractivity contribution in [3.05, 3.63) is 24.3 Å². The third kappa shape index (κ3) is 4.96. The van der Waals surface area contributed by atoms with E-state index >= 15 is 0 Å². The van der Waals surface area contributed by atoms with Crippen molar-refractivity contribution in [2.45, 2.75) is 4.90 Å². The van der Waals surface area contributed by atoms with Gasteiger partial charge in [-0.05, 0) is 31.3 Å². The van der Waals surface area contributed by atoms with Crippen LogP contribution in [-0.4, -0.2) is 45.7 Å². The molecule has 8 nitrogen and oxygen atoms in total. The third-order valence-electron chi connectivity index (χ3n) is 2.18. The molecule has 0 spiro atoms. The van der Waals surface area contributed by atoms with Crippen LogP contribution in [0, 0.1) is 0 Å². The number of benzene rings is 1. The molecule has 0 aliphatic carbocycles. The number of aliphatic carboxylic acids is 1. The fourth-order valence-electron chi connectivity index (χ4n) is 1.26. The number of ether oxygens (including phenoxy) is 1. The number of amides is 1. The number of carboxylic acid groups (broad SMARTS) is 1. The summed E-state index contributed by atoms with van der Waals surface area (Å²) in [7, 11) is -2.22. The smallest absolute Gasteiger partial charge is 0.329 e. The summed E-state index contributed by atoms with van der Waals surface area (Å²) in [6.45, 7) is -0.963. The summed E-state index contributed by atoms with van der Waals surface area (Å²) < 4.78 is 29.7. The van der Waals surface area contributed by atoms with Gasteiger partial charge in [-0.15, -0.1) is 0 Å². The van der Waals surface area contributed by atoms with Gasteiger partial charge in [-0.1, -0.05) is 0 Å². The number of rotatable bonds is 7. The maximum absolute atomic E-state index is 11.5. The zero-order chi connectivity index (χ0) is 15.2. The summed E-state index contributed by atoms with van der Waals surface area (Å²) in [4.78, 5) is 21.6. The molecular formula is C11H14N2O6S. The quantitative estimate of drug-likeness (QED) is 0.632. The molecule has 3 N–H and O–H groups in total. The summed E-state index contributed by atoms with van der Waals surface area (Å²) in [6, 6.07) is 5.50. The minimum Gasteiger partial charge on any atom is -0.480 e. The molecule has 0 bridgehead atoms. The number of hydrogen-bond donors (Lipinski definition) is 3. The Kier molecular flexibility index (Phi) is 5.62. The number of carboxylic acids is 1. The molecule has 1 aromatic carbocycles. The normalized spacial score (nSPS) is 11.1. The maximum atomic E-state index is 11.5. The van der Waals surface area contributed by atoms with Crippen LogP contribution in [0.1, 0.15) is 0 Å². The van der Waals surface area contributed by atoms with Crippen molar-refractivity contribution in [2.75, 3.05) is 25.6 Å². The standard InChI is InChI=1S/C11H14N2O6S/c1-12-20(17,18)9-4-2-8(3-5-9)13-10(14)6-19-7-11(15)16/h2-5,12H,6-7H2,1H3,(H,13,14)(H,15,16). The second-order valence-corrected chi connectivity index (χ2v) is 5.55. The van der Waals surface area contributed by atoms with Gasteiger partial charge in [0.2, 0.25) is 15.9 Å². The van der Waals surface area contributed by atoms with E-state index < -0.39 is 35.1 Å². The molecule has 0 unspecified atom stereocenters. The van der Waals surface area contributed by atoms with Gasteiger partial charge in [0.25, 0.3) is 0 Å². The molecular weight excluding hydrogens is 288 g/mol. The zero-order valence-electron chi connectivity index (χ0n) is 10.6. The highest BCUT2D eigenvalue weighted by molar-refractivity contribution is 7.89. The van der Waals surface area contributed by atoms with E-state index in [1.165, 1.54) is 31.3 Å². The molecule has 110 valence electrons. The van der Waals surface area contributed by atoms with E-state index in [2.05, 4.69) is 14.8 Å². The molecule has 1 aromatic rings. The molecule has 0 fully saturated rings. The van der Waals surface area contributed by atoms with Crippen LogP contribution < -0.4 is 10.0 Å². The minimum atomic E-state index is -3.52. The van der Waals surface area contributed by atoms with Gasteiger partial charge in [-0.2, -0.15) is 0 Å². The molecule has 0 aliphatic heterocycles. The van der Waals surface area contributed by atoms with E-state index in [-0.39, 0.29) is 4.90 Å². The predicted molar refractivity (Wildman–Crippen MR) is 69.8 cm³/mol. The summed E-state index contributed by atoms with van der Waals surface area (Å²) in [5.74, 6) is -1.70. The highest BCUT2D eigenvalue weighted by Crippen LogP contribution is 2.13. The Morgan fingerprint density at radius 1 is 1.20 bits per heavy atom. The fourth-order valence-corrected chi connectivity index (χ4v) is 1.99. The Morgan fingerprint density at radius 2 is 1.80 bits per heavy atom. The SMILES string of the molecule is CNS(=O)(=O)c1ccc(NC(=O)COCC(=O)O)cc1. The number of carbonyl (C=O) groups is 2. The van der Waals surface area contributed by atoms with Gasteiger partial charge in [-0.3, -0.25) is 4.79 Å². The van der Waals surface area contributed by atoms with Crippen LogP contribution >= 0.6 is 0 Å². The molecule has 0 heterocycles. The van der Waals surface area contributed by atoms with Crippen molar-refractivity contribution in [1.29, 1.82) is 0 Å². The summed E-state index contributed by atoms with van der Waals surface area (Å²) >= 11 is 0. The van der Waals surface area contributed by atoms with Crippen LogP contribution in [-0.2, 0) is 24.3 Å². The van der Waals surface area contributed by atoms with E-state index in [9.17, 15) is 18.0 Å². The monoisotopic (exact) mass is 302 g/mol. The molecule has 0 saturated carbocycles. The van der Waals surface area contributed by atoms with Crippen LogP contribution in [0.4, 0.5) is 5.69 Å². The van der Waals surface area contributed by atoms with E-state index in [1.807, 2.05) is 0 Å². The van der Waals surface area contributed by atoms with E-state index in [1.54, 1.807) is 0 Å². The molecule has 1 amide bonds. The average molecular weight is 302 g/mol. The van der Waals surface area contributed by atoms with Crippen molar-refractivity contribution in [2.24, 2.45) is 0 Å². The number of carbonyl (C=O) groups excluding carboxylic acids is 1. The number of sulfonamides is 1. The van der Waals surface area contributed by atoms with Crippen molar-refractivity contribution >= 4 is 27.6 Å². The van der Waals surface area contributed by atoms with Crippen LogP contribution in [0.2, 0.25) is 0 Å². The summed E-state index contributed by atoms with van der Waals surface area (Å²) in [5.41, 5.74) is 0.379. The topological polar surface area (TPSA) is 122 Å². The number of anilines is 1. The lowest BCUT2D eigenvalue weighted by atomic mass is 10.3. The lowest BCUT2D eigenvalue weighted by Crippen LogP contribution is -2.21. The Morgan fingerprint density at radius 3 is 2.30 bits per heavy atom. The van der Waals surface area contributed by atoms with Crippen molar-refractivity contribution in [3.63, 3.8) is 0 Å².